The fourth-order valence-corrected chi connectivity index (χ4v) is 0.363. The van der Waals surface area contributed by atoms with Crippen molar-refractivity contribution in [1.29, 1.82) is 5.41 Å². The van der Waals surface area contributed by atoms with Gasteiger partial charge in [0.1, 0.15) is 5.71 Å². The Hall–Kier alpha value is -0.900. The molecule has 0 aliphatic rings. The van der Waals surface area contributed by atoms with Gasteiger partial charge in [-0.2, -0.15) is 0 Å². The van der Waals surface area contributed by atoms with E-state index >= 15 is 0 Å². The fourth-order valence-electron chi connectivity index (χ4n) is 0.363. The average Bonchev–Trinajstić information content (AvgIpc) is 1.82. The van der Waals surface area contributed by atoms with Crippen molar-refractivity contribution in [3.8, 4) is 0 Å². The van der Waals surface area contributed by atoms with Crippen molar-refractivity contribution in [1.82, 2.24) is 0 Å². The predicted molar refractivity (Wildman–Crippen MR) is 31.7 cm³/mol. The number of aliphatic hydroxyl groups is 1. The number of carboxylic acids is 1. The zero-order chi connectivity index (χ0) is 7.28. The Kier molecular flexibility index (Phi) is 3.62. The molecule has 4 heteroatoms. The van der Waals surface area contributed by atoms with Crippen LogP contribution in [0.3, 0.4) is 0 Å². The van der Waals surface area contributed by atoms with Crippen molar-refractivity contribution < 1.29 is 15.0 Å². The van der Waals surface area contributed by atoms with Crippen molar-refractivity contribution in [3.63, 3.8) is 0 Å². The van der Waals surface area contributed by atoms with E-state index in [2.05, 4.69) is 0 Å². The Bertz CT molecular complexity index is 121. The first-order valence-corrected chi connectivity index (χ1v) is 2.60. The lowest BCUT2D eigenvalue weighted by atomic mass is 10.2. The molecule has 9 heavy (non-hydrogen) atoms. The maximum Gasteiger partial charge on any atom is 0.349 e. The smallest absolute Gasteiger partial charge is 0.349 e. The molecule has 3 N–H and O–H groups in total. The second-order valence-corrected chi connectivity index (χ2v) is 1.61. The van der Waals surface area contributed by atoms with Crippen LogP contribution in [0.4, 0.5) is 0 Å². The summed E-state index contributed by atoms with van der Waals surface area (Å²) in [4.78, 5) is 9.90. The third-order valence-corrected chi connectivity index (χ3v) is 0.843. The van der Waals surface area contributed by atoms with Crippen LogP contribution in [-0.2, 0) is 4.79 Å². The minimum atomic E-state index is -1.21. The quantitative estimate of drug-likeness (QED) is 0.464. The lowest BCUT2D eigenvalue weighted by Gasteiger charge is -1.92. The maximum absolute atomic E-state index is 9.90. The van der Waals surface area contributed by atoms with Gasteiger partial charge in [-0.05, 0) is 12.8 Å². The van der Waals surface area contributed by atoms with Crippen LogP contribution in [0.15, 0.2) is 0 Å². The van der Waals surface area contributed by atoms with Crippen molar-refractivity contribution in [2.24, 2.45) is 0 Å². The number of rotatable bonds is 4. The van der Waals surface area contributed by atoms with E-state index in [1.54, 1.807) is 0 Å². The Morgan fingerprint density at radius 2 is 2.11 bits per heavy atom. The van der Waals surface area contributed by atoms with E-state index in [4.69, 9.17) is 15.6 Å². The molecule has 4 nitrogen and oxygen atoms in total. The summed E-state index contributed by atoms with van der Waals surface area (Å²) in [6.07, 6.45) is 0.497. The van der Waals surface area contributed by atoms with Gasteiger partial charge in [0, 0.05) is 6.61 Å². The molecule has 52 valence electrons. The van der Waals surface area contributed by atoms with E-state index in [1.165, 1.54) is 0 Å². The van der Waals surface area contributed by atoms with E-state index in [0.29, 0.717) is 6.42 Å². The Morgan fingerprint density at radius 1 is 1.56 bits per heavy atom. The molecule has 0 aromatic heterocycles. The van der Waals surface area contributed by atoms with Gasteiger partial charge in [-0.3, -0.25) is 5.41 Å². The lowest BCUT2D eigenvalue weighted by molar-refractivity contribution is -0.129. The third kappa shape index (κ3) is 3.66. The van der Waals surface area contributed by atoms with Crippen LogP contribution >= 0.6 is 0 Å². The minimum Gasteiger partial charge on any atom is -0.477 e. The molecule has 0 saturated carbocycles. The Balaban J connectivity index is 3.39. The summed E-state index contributed by atoms with van der Waals surface area (Å²) in [5, 5.41) is 23.0. The van der Waals surface area contributed by atoms with E-state index in [9.17, 15) is 4.79 Å². The summed E-state index contributed by atoms with van der Waals surface area (Å²) >= 11 is 0. The normalized spacial score (nSPS) is 9.00. The monoisotopic (exact) mass is 131 g/mol. The molecule has 0 rings (SSSR count). The van der Waals surface area contributed by atoms with Crippen molar-refractivity contribution in [3.05, 3.63) is 0 Å². The number of hydrogen-bond donors (Lipinski definition) is 3. The van der Waals surface area contributed by atoms with Crippen LogP contribution in [0.1, 0.15) is 12.8 Å². The second-order valence-electron chi connectivity index (χ2n) is 1.61. The van der Waals surface area contributed by atoms with Gasteiger partial charge in [0.2, 0.25) is 0 Å². The molecule has 0 fully saturated rings. The third-order valence-electron chi connectivity index (χ3n) is 0.843. The van der Waals surface area contributed by atoms with Gasteiger partial charge in [0.25, 0.3) is 0 Å². The standard InChI is InChI=1S/C5H9NO3/c6-4(5(8)9)2-1-3-7/h6-7H,1-3H2,(H,8,9). The summed E-state index contributed by atoms with van der Waals surface area (Å²) in [6.45, 7) is -0.0599. The van der Waals surface area contributed by atoms with E-state index < -0.39 is 5.97 Å². The largest absolute Gasteiger partial charge is 0.477 e. The maximum atomic E-state index is 9.90. The summed E-state index contributed by atoms with van der Waals surface area (Å²) in [5.74, 6) is -1.21. The molecule has 0 radical (unpaired) electrons. The van der Waals surface area contributed by atoms with Gasteiger partial charge >= 0.3 is 5.97 Å². The van der Waals surface area contributed by atoms with Crippen LogP contribution in [0.5, 0.6) is 0 Å². The van der Waals surface area contributed by atoms with Crippen LogP contribution < -0.4 is 0 Å². The van der Waals surface area contributed by atoms with Gasteiger partial charge in [-0.15, -0.1) is 0 Å². The van der Waals surface area contributed by atoms with Crippen LogP contribution in [-0.4, -0.2) is 28.5 Å². The second kappa shape index (κ2) is 4.03. The summed E-state index contributed by atoms with van der Waals surface area (Å²) < 4.78 is 0. The first-order chi connectivity index (χ1) is 4.18. The zero-order valence-corrected chi connectivity index (χ0v) is 4.92. The Labute approximate surface area is 52.6 Å². The van der Waals surface area contributed by atoms with Gasteiger partial charge in [0.15, 0.2) is 0 Å². The fraction of sp³-hybridized carbons (Fsp3) is 0.600. The van der Waals surface area contributed by atoms with E-state index in [0.717, 1.165) is 0 Å². The molecule has 0 saturated heterocycles. The minimum absolute atomic E-state index is 0.0599. The molecular weight excluding hydrogens is 122 g/mol. The lowest BCUT2D eigenvalue weighted by Crippen LogP contribution is -2.11. The highest BCUT2D eigenvalue weighted by Crippen LogP contribution is 1.88. The molecule has 0 heterocycles. The van der Waals surface area contributed by atoms with Gasteiger partial charge < -0.3 is 10.2 Å². The summed E-state index contributed by atoms with van der Waals surface area (Å²) in [5.41, 5.74) is -0.343. The summed E-state index contributed by atoms with van der Waals surface area (Å²) in [6, 6.07) is 0. The molecule has 0 aliphatic heterocycles. The SMILES string of the molecule is N=C(CCCO)C(=O)O. The average molecular weight is 131 g/mol. The highest BCUT2D eigenvalue weighted by molar-refractivity contribution is 6.34. The first-order valence-electron chi connectivity index (χ1n) is 2.60. The highest BCUT2D eigenvalue weighted by Gasteiger charge is 2.03. The van der Waals surface area contributed by atoms with Gasteiger partial charge in [0.05, 0.1) is 0 Å². The number of aliphatic hydroxyl groups excluding tert-OH is 1. The highest BCUT2D eigenvalue weighted by atomic mass is 16.4. The summed E-state index contributed by atoms with van der Waals surface area (Å²) in [7, 11) is 0. The Morgan fingerprint density at radius 3 is 2.44 bits per heavy atom. The van der Waals surface area contributed by atoms with Crippen molar-refractivity contribution in [2.75, 3.05) is 6.61 Å². The molecule has 0 bridgehead atoms. The van der Waals surface area contributed by atoms with Gasteiger partial charge in [-0.25, -0.2) is 4.79 Å². The number of hydrogen-bond acceptors (Lipinski definition) is 3. The van der Waals surface area contributed by atoms with E-state index in [1.807, 2.05) is 0 Å². The number of aliphatic carboxylic acids is 1. The van der Waals surface area contributed by atoms with Crippen LogP contribution in [0.25, 0.3) is 0 Å². The van der Waals surface area contributed by atoms with Crippen molar-refractivity contribution in [2.45, 2.75) is 12.8 Å². The number of nitrogens with one attached hydrogen (secondary N) is 1. The van der Waals surface area contributed by atoms with E-state index in [-0.39, 0.29) is 18.7 Å². The number of carboxylic acid groups (broad SMARTS) is 1. The molecule has 0 spiro atoms. The van der Waals surface area contributed by atoms with Crippen LogP contribution in [0, 0.1) is 5.41 Å². The molecule has 0 atom stereocenters. The predicted octanol–water partition coefficient (Wildman–Crippen LogP) is -0.137. The molecule has 0 unspecified atom stereocenters. The first kappa shape index (κ1) is 8.10. The van der Waals surface area contributed by atoms with Crippen molar-refractivity contribution >= 4 is 11.7 Å². The molecule has 0 amide bonds. The number of carbonyl (C=O) groups is 1. The zero-order valence-electron chi connectivity index (χ0n) is 4.92. The molecule has 0 aromatic carbocycles. The molecular formula is C5H9NO3. The topological polar surface area (TPSA) is 81.4 Å². The van der Waals surface area contributed by atoms with Crippen LogP contribution in [0.2, 0.25) is 0 Å². The van der Waals surface area contributed by atoms with Gasteiger partial charge in [-0.1, -0.05) is 0 Å². The molecule has 0 aliphatic carbocycles. The molecule has 0 aromatic rings.